The van der Waals surface area contributed by atoms with Crippen molar-refractivity contribution < 1.29 is 5.11 Å². The number of benzene rings is 3. The van der Waals surface area contributed by atoms with Gasteiger partial charge in [-0.25, -0.2) is 0 Å². The van der Waals surface area contributed by atoms with Gasteiger partial charge in [-0.15, -0.1) is 0 Å². The Morgan fingerprint density at radius 1 is 0.950 bits per heavy atom. The van der Waals surface area contributed by atoms with E-state index in [-0.39, 0.29) is 0 Å². The third-order valence-electron chi connectivity index (χ3n) is 3.99. The van der Waals surface area contributed by atoms with Crippen LogP contribution in [-0.2, 0) is 6.42 Å². The van der Waals surface area contributed by atoms with Crippen LogP contribution >= 0.6 is 0 Å². The number of phenols is 1. The predicted molar refractivity (Wildman–Crippen MR) is 86.6 cm³/mol. The van der Waals surface area contributed by atoms with Crippen LogP contribution in [0.15, 0.2) is 36.4 Å². The number of aryl methyl sites for hydroxylation is 3. The summed E-state index contributed by atoms with van der Waals surface area (Å²) < 4.78 is 0. The molecule has 3 rings (SSSR count). The van der Waals surface area contributed by atoms with Crippen LogP contribution < -0.4 is 0 Å². The molecule has 0 aliphatic heterocycles. The lowest BCUT2D eigenvalue weighted by molar-refractivity contribution is 0.481. The maximum absolute atomic E-state index is 10.5. The molecule has 0 saturated carbocycles. The Labute approximate surface area is 119 Å². The minimum atomic E-state index is 0.404. The molecule has 0 saturated heterocycles. The highest BCUT2D eigenvalue weighted by molar-refractivity contribution is 6.12. The first kappa shape index (κ1) is 13.0. The number of phenolic OH excluding ortho intramolecular Hbond substituents is 1. The van der Waals surface area contributed by atoms with Gasteiger partial charge in [0.05, 0.1) is 0 Å². The van der Waals surface area contributed by atoms with E-state index >= 15 is 0 Å². The van der Waals surface area contributed by atoms with E-state index in [0.29, 0.717) is 5.75 Å². The number of fused-ring (bicyclic) bond motifs is 3. The van der Waals surface area contributed by atoms with Crippen LogP contribution in [0.2, 0.25) is 0 Å². The van der Waals surface area contributed by atoms with Crippen molar-refractivity contribution in [2.45, 2.75) is 33.6 Å². The normalized spacial score (nSPS) is 11.3. The van der Waals surface area contributed by atoms with Gasteiger partial charge in [-0.2, -0.15) is 0 Å². The van der Waals surface area contributed by atoms with Crippen LogP contribution in [0.5, 0.6) is 5.75 Å². The highest BCUT2D eigenvalue weighted by Gasteiger charge is 2.09. The zero-order valence-corrected chi connectivity index (χ0v) is 12.3. The minimum absolute atomic E-state index is 0.404. The van der Waals surface area contributed by atoms with E-state index in [2.05, 4.69) is 51.1 Å². The summed E-state index contributed by atoms with van der Waals surface area (Å²) in [5, 5.41) is 15.0. The van der Waals surface area contributed by atoms with Crippen LogP contribution in [0.25, 0.3) is 21.5 Å². The van der Waals surface area contributed by atoms with E-state index in [1.807, 2.05) is 6.07 Å². The molecule has 0 heterocycles. The lowest BCUT2D eigenvalue weighted by Crippen LogP contribution is -1.88. The van der Waals surface area contributed by atoms with E-state index in [9.17, 15) is 5.11 Å². The quantitative estimate of drug-likeness (QED) is 0.625. The molecule has 0 atom stereocenters. The summed E-state index contributed by atoms with van der Waals surface area (Å²) in [5.41, 5.74) is 3.70. The molecule has 3 aromatic rings. The van der Waals surface area contributed by atoms with Crippen molar-refractivity contribution in [3.63, 3.8) is 0 Å². The Bertz CT molecular complexity index is 800. The van der Waals surface area contributed by atoms with E-state index < -0.39 is 0 Å². The monoisotopic (exact) mass is 264 g/mol. The molecule has 20 heavy (non-hydrogen) atoms. The lowest BCUT2D eigenvalue weighted by atomic mass is 9.94. The zero-order chi connectivity index (χ0) is 14.3. The Balaban J connectivity index is 2.44. The lowest BCUT2D eigenvalue weighted by Gasteiger charge is -2.12. The molecule has 1 heteroatoms. The summed E-state index contributed by atoms with van der Waals surface area (Å²) in [7, 11) is 0. The molecule has 0 fully saturated rings. The Morgan fingerprint density at radius 2 is 1.75 bits per heavy atom. The maximum atomic E-state index is 10.5. The third-order valence-corrected chi connectivity index (χ3v) is 3.99. The van der Waals surface area contributed by atoms with Crippen molar-refractivity contribution >= 4 is 21.5 Å². The van der Waals surface area contributed by atoms with E-state index in [1.54, 1.807) is 0 Å². The predicted octanol–water partition coefficient (Wildman–Crippen LogP) is 5.27. The third kappa shape index (κ3) is 2.03. The molecule has 0 unspecified atom stereocenters. The van der Waals surface area contributed by atoms with Crippen LogP contribution in [0, 0.1) is 13.8 Å². The van der Waals surface area contributed by atoms with Gasteiger partial charge in [0.2, 0.25) is 0 Å². The molecule has 0 radical (unpaired) electrons. The summed E-state index contributed by atoms with van der Waals surface area (Å²) in [4.78, 5) is 0. The molecule has 0 aliphatic carbocycles. The van der Waals surface area contributed by atoms with Gasteiger partial charge >= 0.3 is 0 Å². The second kappa shape index (κ2) is 4.82. The van der Waals surface area contributed by atoms with Crippen molar-refractivity contribution in [3.05, 3.63) is 53.1 Å². The molecule has 102 valence electrons. The van der Waals surface area contributed by atoms with E-state index in [0.717, 1.165) is 29.0 Å². The first-order valence-corrected chi connectivity index (χ1v) is 7.25. The van der Waals surface area contributed by atoms with Gasteiger partial charge in [0.1, 0.15) is 5.75 Å². The topological polar surface area (TPSA) is 20.2 Å². The molecule has 0 aromatic heterocycles. The first-order valence-electron chi connectivity index (χ1n) is 7.25. The fourth-order valence-corrected chi connectivity index (χ4v) is 3.07. The fourth-order valence-electron chi connectivity index (χ4n) is 3.07. The van der Waals surface area contributed by atoms with Crippen molar-refractivity contribution in [2.75, 3.05) is 0 Å². The zero-order valence-electron chi connectivity index (χ0n) is 12.3. The van der Waals surface area contributed by atoms with E-state index in [4.69, 9.17) is 0 Å². The van der Waals surface area contributed by atoms with E-state index in [1.165, 1.54) is 22.1 Å². The van der Waals surface area contributed by atoms with Gasteiger partial charge in [0.15, 0.2) is 0 Å². The highest BCUT2D eigenvalue weighted by atomic mass is 16.3. The highest BCUT2D eigenvalue weighted by Crippen LogP contribution is 2.36. The standard InChI is InChI=1S/C19H20O/c1-4-5-14-10-15-9-13(3)16-7-6-12(2)8-17(16)19(15)18(20)11-14/h6-11,20H,4-5H2,1-3H3. The first-order chi connectivity index (χ1) is 9.60. The number of aromatic hydroxyl groups is 1. The molecule has 1 nitrogen and oxygen atoms in total. The van der Waals surface area contributed by atoms with Gasteiger partial charge in [-0.1, -0.05) is 49.2 Å². The van der Waals surface area contributed by atoms with Gasteiger partial charge in [-0.3, -0.25) is 0 Å². The summed E-state index contributed by atoms with van der Waals surface area (Å²) in [6, 6.07) is 12.8. The SMILES string of the molecule is CCCc1cc(O)c2c(c1)cc(C)c1ccc(C)cc12. The summed E-state index contributed by atoms with van der Waals surface area (Å²) >= 11 is 0. The van der Waals surface area contributed by atoms with Gasteiger partial charge in [0, 0.05) is 5.39 Å². The number of rotatable bonds is 2. The summed E-state index contributed by atoms with van der Waals surface area (Å²) in [5.74, 6) is 0.404. The molecule has 1 N–H and O–H groups in total. The van der Waals surface area contributed by atoms with Gasteiger partial charge in [0.25, 0.3) is 0 Å². The minimum Gasteiger partial charge on any atom is -0.507 e. The number of hydrogen-bond donors (Lipinski definition) is 1. The van der Waals surface area contributed by atoms with Crippen molar-refractivity contribution in [1.82, 2.24) is 0 Å². The molecule has 0 amide bonds. The van der Waals surface area contributed by atoms with Crippen LogP contribution in [0.4, 0.5) is 0 Å². The van der Waals surface area contributed by atoms with Crippen molar-refractivity contribution in [2.24, 2.45) is 0 Å². The summed E-state index contributed by atoms with van der Waals surface area (Å²) in [6.07, 6.45) is 2.10. The molecular formula is C19H20O. The summed E-state index contributed by atoms with van der Waals surface area (Å²) in [6.45, 7) is 6.40. The molecular weight excluding hydrogens is 244 g/mol. The average Bonchev–Trinajstić information content (AvgIpc) is 2.38. The Morgan fingerprint density at radius 3 is 2.50 bits per heavy atom. The molecule has 0 bridgehead atoms. The van der Waals surface area contributed by atoms with Crippen LogP contribution in [0.1, 0.15) is 30.0 Å². The van der Waals surface area contributed by atoms with Crippen molar-refractivity contribution in [1.29, 1.82) is 0 Å². The maximum Gasteiger partial charge on any atom is 0.124 e. The molecule has 3 aromatic carbocycles. The second-order valence-corrected chi connectivity index (χ2v) is 5.71. The molecule has 0 spiro atoms. The molecule has 0 aliphatic rings. The number of hydrogen-bond acceptors (Lipinski definition) is 1. The average molecular weight is 264 g/mol. The Hall–Kier alpha value is -2.02. The van der Waals surface area contributed by atoms with Gasteiger partial charge in [-0.05, 0) is 53.6 Å². The van der Waals surface area contributed by atoms with Crippen LogP contribution in [-0.4, -0.2) is 5.11 Å². The Kier molecular flexibility index (Phi) is 3.13. The van der Waals surface area contributed by atoms with Crippen LogP contribution in [0.3, 0.4) is 0 Å². The van der Waals surface area contributed by atoms with Crippen molar-refractivity contribution in [3.8, 4) is 5.75 Å². The second-order valence-electron chi connectivity index (χ2n) is 5.71. The smallest absolute Gasteiger partial charge is 0.124 e. The largest absolute Gasteiger partial charge is 0.507 e. The fraction of sp³-hybridized carbons (Fsp3) is 0.263. The van der Waals surface area contributed by atoms with Gasteiger partial charge < -0.3 is 5.11 Å².